The van der Waals surface area contributed by atoms with Crippen LogP contribution in [-0.2, 0) is 6.42 Å². The molecule has 0 saturated carbocycles. The van der Waals surface area contributed by atoms with Gasteiger partial charge >= 0.3 is 0 Å². The zero-order valence-electron chi connectivity index (χ0n) is 11.1. The predicted molar refractivity (Wildman–Crippen MR) is 85.8 cm³/mol. The molecular formula is C16H17BrClN. The molecule has 100 valence electrons. The molecule has 3 heteroatoms. The predicted octanol–water partition coefficient (Wildman–Crippen LogP) is 4.91. The Morgan fingerprint density at radius 2 is 1.95 bits per heavy atom. The molecule has 1 N–H and O–H groups in total. The first-order chi connectivity index (χ1) is 9.11. The molecule has 1 atom stereocenters. The molecule has 0 aliphatic heterocycles. The van der Waals surface area contributed by atoms with E-state index in [1.54, 1.807) is 0 Å². The Morgan fingerprint density at radius 1 is 1.21 bits per heavy atom. The molecule has 2 aromatic carbocycles. The standard InChI is InChI=1S/C16H17BrClN/c1-11-5-3-4-6-14(11)16(19-2)9-12-7-8-13(17)10-15(12)18/h3-8,10,16,19H,9H2,1-2H3. The molecule has 1 nitrogen and oxygen atoms in total. The van der Waals surface area contributed by atoms with Crippen LogP contribution in [0.5, 0.6) is 0 Å². The number of rotatable bonds is 4. The second kappa shape index (κ2) is 6.56. The van der Waals surface area contributed by atoms with Crippen LogP contribution in [0.3, 0.4) is 0 Å². The van der Waals surface area contributed by atoms with E-state index in [1.807, 2.05) is 19.2 Å². The van der Waals surface area contributed by atoms with Gasteiger partial charge in [-0.25, -0.2) is 0 Å². The Morgan fingerprint density at radius 3 is 2.58 bits per heavy atom. The fourth-order valence-corrected chi connectivity index (χ4v) is 3.00. The average molecular weight is 339 g/mol. The van der Waals surface area contributed by atoms with E-state index in [1.165, 1.54) is 11.1 Å². The molecular weight excluding hydrogens is 322 g/mol. The van der Waals surface area contributed by atoms with Gasteiger partial charge in [-0.3, -0.25) is 0 Å². The van der Waals surface area contributed by atoms with Crippen LogP contribution < -0.4 is 5.32 Å². The van der Waals surface area contributed by atoms with Crippen molar-refractivity contribution in [2.45, 2.75) is 19.4 Å². The van der Waals surface area contributed by atoms with Gasteiger partial charge in [0.2, 0.25) is 0 Å². The molecule has 2 rings (SSSR count). The van der Waals surface area contributed by atoms with E-state index in [9.17, 15) is 0 Å². The van der Waals surface area contributed by atoms with E-state index in [-0.39, 0.29) is 6.04 Å². The van der Waals surface area contributed by atoms with E-state index >= 15 is 0 Å². The minimum Gasteiger partial charge on any atom is -0.313 e. The topological polar surface area (TPSA) is 12.0 Å². The van der Waals surface area contributed by atoms with E-state index < -0.39 is 0 Å². The Kier molecular flexibility index (Phi) is 5.03. The molecule has 1 unspecified atom stereocenters. The smallest absolute Gasteiger partial charge is 0.0449 e. The summed E-state index contributed by atoms with van der Waals surface area (Å²) in [4.78, 5) is 0. The van der Waals surface area contributed by atoms with Gasteiger partial charge in [0.1, 0.15) is 0 Å². The van der Waals surface area contributed by atoms with Gasteiger partial charge in [-0.15, -0.1) is 0 Å². The lowest BCUT2D eigenvalue weighted by molar-refractivity contribution is 0.589. The highest BCUT2D eigenvalue weighted by Gasteiger charge is 2.13. The monoisotopic (exact) mass is 337 g/mol. The number of halogens is 2. The van der Waals surface area contributed by atoms with E-state index in [4.69, 9.17) is 11.6 Å². The minimum absolute atomic E-state index is 0.278. The van der Waals surface area contributed by atoms with Crippen LogP contribution in [0.15, 0.2) is 46.9 Å². The van der Waals surface area contributed by atoms with Gasteiger partial charge in [0, 0.05) is 15.5 Å². The van der Waals surface area contributed by atoms with Crippen LogP contribution in [0, 0.1) is 6.92 Å². The van der Waals surface area contributed by atoms with E-state index in [0.29, 0.717) is 0 Å². The van der Waals surface area contributed by atoms with Crippen molar-refractivity contribution in [1.29, 1.82) is 0 Å². The van der Waals surface area contributed by atoms with Gasteiger partial charge < -0.3 is 5.32 Å². The summed E-state index contributed by atoms with van der Waals surface area (Å²) in [6, 6.07) is 14.8. The quantitative estimate of drug-likeness (QED) is 0.835. The molecule has 0 aliphatic carbocycles. The van der Waals surface area contributed by atoms with Crippen molar-refractivity contribution >= 4 is 27.5 Å². The molecule has 0 amide bonds. The Labute approximate surface area is 128 Å². The Hall–Kier alpha value is -0.830. The number of likely N-dealkylation sites (N-methyl/N-ethyl adjacent to an activating group) is 1. The lowest BCUT2D eigenvalue weighted by Crippen LogP contribution is -2.19. The third kappa shape index (κ3) is 3.59. The molecule has 0 saturated heterocycles. The maximum Gasteiger partial charge on any atom is 0.0449 e. The lowest BCUT2D eigenvalue weighted by Gasteiger charge is -2.19. The number of hydrogen-bond acceptors (Lipinski definition) is 1. The van der Waals surface area contributed by atoms with E-state index in [2.05, 4.69) is 58.5 Å². The van der Waals surface area contributed by atoms with Crippen molar-refractivity contribution in [3.05, 3.63) is 68.7 Å². The lowest BCUT2D eigenvalue weighted by atomic mass is 9.95. The van der Waals surface area contributed by atoms with Crippen LogP contribution in [0.2, 0.25) is 5.02 Å². The van der Waals surface area contributed by atoms with Crippen molar-refractivity contribution in [2.24, 2.45) is 0 Å². The summed E-state index contributed by atoms with van der Waals surface area (Å²) in [5.74, 6) is 0. The van der Waals surface area contributed by atoms with Gasteiger partial charge in [-0.1, -0.05) is 57.9 Å². The second-order valence-corrected chi connectivity index (χ2v) is 5.96. The molecule has 0 bridgehead atoms. The highest BCUT2D eigenvalue weighted by Crippen LogP contribution is 2.27. The number of benzene rings is 2. The second-order valence-electron chi connectivity index (χ2n) is 4.64. The summed E-state index contributed by atoms with van der Waals surface area (Å²) in [6.07, 6.45) is 0.882. The molecule has 0 spiro atoms. The SMILES string of the molecule is CNC(Cc1ccc(Br)cc1Cl)c1ccccc1C. The number of nitrogens with one attached hydrogen (secondary N) is 1. The molecule has 0 fully saturated rings. The first-order valence-electron chi connectivity index (χ1n) is 6.28. The Balaban J connectivity index is 2.27. The maximum absolute atomic E-state index is 6.30. The van der Waals surface area contributed by atoms with Gasteiger partial charge in [-0.05, 0) is 49.2 Å². The summed E-state index contributed by atoms with van der Waals surface area (Å²) >= 11 is 9.74. The normalized spacial score (nSPS) is 12.4. The molecule has 0 aromatic heterocycles. The first kappa shape index (κ1) is 14.6. The van der Waals surface area contributed by atoms with Gasteiger partial charge in [0.25, 0.3) is 0 Å². The highest BCUT2D eigenvalue weighted by molar-refractivity contribution is 9.10. The highest BCUT2D eigenvalue weighted by atomic mass is 79.9. The van der Waals surface area contributed by atoms with Crippen molar-refractivity contribution in [1.82, 2.24) is 5.32 Å². The van der Waals surface area contributed by atoms with Crippen molar-refractivity contribution in [2.75, 3.05) is 7.05 Å². The zero-order chi connectivity index (χ0) is 13.8. The Bertz CT molecular complexity index is 568. The van der Waals surface area contributed by atoms with Crippen LogP contribution in [0.25, 0.3) is 0 Å². The molecule has 19 heavy (non-hydrogen) atoms. The van der Waals surface area contributed by atoms with Gasteiger partial charge in [0.15, 0.2) is 0 Å². The fraction of sp³-hybridized carbons (Fsp3) is 0.250. The van der Waals surface area contributed by atoms with Gasteiger partial charge in [0.05, 0.1) is 0 Å². The molecule has 2 aromatic rings. The largest absolute Gasteiger partial charge is 0.313 e. The summed E-state index contributed by atoms with van der Waals surface area (Å²) < 4.78 is 1.01. The van der Waals surface area contributed by atoms with Crippen LogP contribution in [0.4, 0.5) is 0 Å². The zero-order valence-corrected chi connectivity index (χ0v) is 13.4. The number of hydrogen-bond donors (Lipinski definition) is 1. The maximum atomic E-state index is 6.30. The van der Waals surface area contributed by atoms with Crippen LogP contribution in [0.1, 0.15) is 22.7 Å². The van der Waals surface area contributed by atoms with Crippen LogP contribution in [-0.4, -0.2) is 7.05 Å². The average Bonchev–Trinajstić information content (AvgIpc) is 2.39. The van der Waals surface area contributed by atoms with Gasteiger partial charge in [-0.2, -0.15) is 0 Å². The first-order valence-corrected chi connectivity index (χ1v) is 7.45. The molecule has 0 radical (unpaired) electrons. The summed E-state index contributed by atoms with van der Waals surface area (Å²) in [7, 11) is 1.99. The number of aryl methyl sites for hydroxylation is 1. The van der Waals surface area contributed by atoms with Crippen LogP contribution >= 0.6 is 27.5 Å². The third-order valence-electron chi connectivity index (χ3n) is 3.35. The van der Waals surface area contributed by atoms with E-state index in [0.717, 1.165) is 21.5 Å². The molecule has 0 aliphatic rings. The van der Waals surface area contributed by atoms with Crippen molar-refractivity contribution in [3.63, 3.8) is 0 Å². The summed E-state index contributed by atoms with van der Waals surface area (Å²) in [5, 5.41) is 4.19. The fourth-order valence-electron chi connectivity index (χ4n) is 2.25. The minimum atomic E-state index is 0.278. The van der Waals surface area contributed by atoms with Crippen molar-refractivity contribution in [3.8, 4) is 0 Å². The molecule has 0 heterocycles. The summed E-state index contributed by atoms with van der Waals surface area (Å²) in [6.45, 7) is 2.14. The summed E-state index contributed by atoms with van der Waals surface area (Å²) in [5.41, 5.74) is 3.78. The van der Waals surface area contributed by atoms with Crippen molar-refractivity contribution < 1.29 is 0 Å². The third-order valence-corrected chi connectivity index (χ3v) is 4.20.